The topological polar surface area (TPSA) is 83.4 Å². The number of hydrogen-bond donors (Lipinski definition) is 1. The molecule has 0 radical (unpaired) electrons. The molecule has 23 heavy (non-hydrogen) atoms. The Bertz CT molecular complexity index is 611. The normalized spacial score (nSPS) is 24.9. The maximum atomic E-state index is 12.6. The highest BCUT2D eigenvalue weighted by atomic mass is 16.2. The lowest BCUT2D eigenvalue weighted by Gasteiger charge is -2.36. The average Bonchev–Trinajstić information content (AvgIpc) is 3.07. The number of rotatable bonds is 4. The molecule has 8 heteroatoms. The molecule has 2 saturated heterocycles. The van der Waals surface area contributed by atoms with Gasteiger partial charge in [0, 0.05) is 32.7 Å². The lowest BCUT2D eigenvalue weighted by Crippen LogP contribution is -2.50. The molecular formula is C15H22N6O2. The second-order valence-electron chi connectivity index (χ2n) is 6.74. The lowest BCUT2D eigenvalue weighted by atomic mass is 10.0. The van der Waals surface area contributed by atoms with Crippen molar-refractivity contribution in [3.8, 4) is 0 Å². The molecule has 0 bridgehead atoms. The van der Waals surface area contributed by atoms with Crippen molar-refractivity contribution >= 4 is 11.9 Å². The van der Waals surface area contributed by atoms with Crippen LogP contribution in [0.15, 0.2) is 6.20 Å². The van der Waals surface area contributed by atoms with Gasteiger partial charge in [0.05, 0.1) is 12.2 Å². The molecule has 3 fully saturated rings. The van der Waals surface area contributed by atoms with Crippen LogP contribution in [0.2, 0.25) is 0 Å². The fourth-order valence-electron chi connectivity index (χ4n) is 3.44. The molecule has 3 amide bonds. The number of likely N-dealkylation sites (tertiary alicyclic amines) is 1. The summed E-state index contributed by atoms with van der Waals surface area (Å²) in [6, 6.07) is 0.0939. The van der Waals surface area contributed by atoms with Crippen LogP contribution >= 0.6 is 0 Å². The number of nitrogens with one attached hydrogen (secondary N) is 1. The standard InChI is InChI=1S/C15H22N6O2/c22-14(13-10-20(18-17-13)8-11-3-4-11)19-6-1-2-12(9-19)21-7-5-16-15(21)23/h10-12H,1-9H2,(H,16,23). The predicted octanol–water partition coefficient (Wildman–Crippen LogP) is 0.318. The summed E-state index contributed by atoms with van der Waals surface area (Å²) in [7, 11) is 0. The number of carbonyl (C=O) groups excluding carboxylic acids is 2. The molecule has 4 rings (SSSR count). The first-order chi connectivity index (χ1) is 11.2. The third kappa shape index (κ3) is 3.02. The first-order valence-electron chi connectivity index (χ1n) is 8.44. The fourth-order valence-corrected chi connectivity index (χ4v) is 3.44. The fraction of sp³-hybridized carbons (Fsp3) is 0.733. The summed E-state index contributed by atoms with van der Waals surface area (Å²) < 4.78 is 1.78. The van der Waals surface area contributed by atoms with Crippen molar-refractivity contribution in [2.45, 2.75) is 38.3 Å². The number of amides is 3. The zero-order chi connectivity index (χ0) is 15.8. The Balaban J connectivity index is 1.40. The van der Waals surface area contributed by atoms with Crippen molar-refractivity contribution in [1.82, 2.24) is 30.1 Å². The van der Waals surface area contributed by atoms with Crippen LogP contribution in [-0.4, -0.2) is 69.0 Å². The second-order valence-corrected chi connectivity index (χ2v) is 6.74. The molecule has 124 valence electrons. The number of piperidine rings is 1. The summed E-state index contributed by atoms with van der Waals surface area (Å²) >= 11 is 0. The van der Waals surface area contributed by atoms with Crippen LogP contribution in [0.5, 0.6) is 0 Å². The van der Waals surface area contributed by atoms with E-state index in [1.807, 2.05) is 9.80 Å². The van der Waals surface area contributed by atoms with E-state index < -0.39 is 0 Å². The smallest absolute Gasteiger partial charge is 0.317 e. The van der Waals surface area contributed by atoms with Gasteiger partial charge in [-0.25, -0.2) is 4.79 Å². The SMILES string of the molecule is O=C(c1cn(CC2CC2)nn1)N1CCCC(N2CCNC2=O)C1. The average molecular weight is 318 g/mol. The van der Waals surface area contributed by atoms with E-state index in [9.17, 15) is 9.59 Å². The zero-order valence-corrected chi connectivity index (χ0v) is 13.1. The molecular weight excluding hydrogens is 296 g/mol. The molecule has 1 aromatic rings. The van der Waals surface area contributed by atoms with E-state index >= 15 is 0 Å². The van der Waals surface area contributed by atoms with Crippen LogP contribution in [0.4, 0.5) is 4.79 Å². The second kappa shape index (κ2) is 5.82. The molecule has 0 aromatic carbocycles. The highest BCUT2D eigenvalue weighted by molar-refractivity contribution is 5.92. The molecule has 1 unspecified atom stereocenters. The van der Waals surface area contributed by atoms with E-state index in [2.05, 4.69) is 15.6 Å². The number of carbonyl (C=O) groups is 2. The van der Waals surface area contributed by atoms with Gasteiger partial charge < -0.3 is 15.1 Å². The Morgan fingerprint density at radius 3 is 2.91 bits per heavy atom. The number of aromatic nitrogens is 3. The largest absolute Gasteiger partial charge is 0.336 e. The lowest BCUT2D eigenvalue weighted by molar-refractivity contribution is 0.0628. The third-order valence-corrected chi connectivity index (χ3v) is 4.91. The molecule has 1 aliphatic carbocycles. The highest BCUT2D eigenvalue weighted by Crippen LogP contribution is 2.30. The van der Waals surface area contributed by atoms with Crippen molar-refractivity contribution in [2.75, 3.05) is 26.2 Å². The Labute approximate surface area is 134 Å². The molecule has 2 aliphatic heterocycles. The van der Waals surface area contributed by atoms with Crippen LogP contribution in [0, 0.1) is 5.92 Å². The summed E-state index contributed by atoms with van der Waals surface area (Å²) in [6.07, 6.45) is 6.11. The molecule has 3 aliphatic rings. The summed E-state index contributed by atoms with van der Waals surface area (Å²) in [5, 5.41) is 10.9. The van der Waals surface area contributed by atoms with E-state index in [0.29, 0.717) is 24.7 Å². The van der Waals surface area contributed by atoms with E-state index in [-0.39, 0.29) is 18.0 Å². The Morgan fingerprint density at radius 1 is 1.30 bits per heavy atom. The van der Waals surface area contributed by atoms with Gasteiger partial charge in [0.15, 0.2) is 5.69 Å². The van der Waals surface area contributed by atoms with Gasteiger partial charge in [-0.15, -0.1) is 5.10 Å². The van der Waals surface area contributed by atoms with Crippen LogP contribution < -0.4 is 5.32 Å². The van der Waals surface area contributed by atoms with Crippen LogP contribution in [0.1, 0.15) is 36.2 Å². The Hall–Kier alpha value is -2.12. The van der Waals surface area contributed by atoms with Gasteiger partial charge in [-0.1, -0.05) is 5.21 Å². The highest BCUT2D eigenvalue weighted by Gasteiger charge is 2.33. The van der Waals surface area contributed by atoms with Gasteiger partial charge in [0.1, 0.15) is 0 Å². The summed E-state index contributed by atoms with van der Waals surface area (Å²) in [5.74, 6) is 0.629. The maximum Gasteiger partial charge on any atom is 0.317 e. The Kier molecular flexibility index (Phi) is 3.66. The summed E-state index contributed by atoms with van der Waals surface area (Å²) in [4.78, 5) is 28.1. The first kappa shape index (κ1) is 14.5. The maximum absolute atomic E-state index is 12.6. The van der Waals surface area contributed by atoms with E-state index in [0.717, 1.165) is 32.5 Å². The molecule has 1 saturated carbocycles. The van der Waals surface area contributed by atoms with E-state index in [1.165, 1.54) is 12.8 Å². The van der Waals surface area contributed by atoms with E-state index in [4.69, 9.17) is 0 Å². The molecule has 1 N–H and O–H groups in total. The van der Waals surface area contributed by atoms with Crippen molar-refractivity contribution in [1.29, 1.82) is 0 Å². The van der Waals surface area contributed by atoms with Crippen LogP contribution in [0.3, 0.4) is 0 Å². The molecule has 3 heterocycles. The van der Waals surface area contributed by atoms with Gasteiger partial charge in [-0.05, 0) is 31.6 Å². The van der Waals surface area contributed by atoms with Gasteiger partial charge >= 0.3 is 6.03 Å². The zero-order valence-electron chi connectivity index (χ0n) is 13.1. The summed E-state index contributed by atoms with van der Waals surface area (Å²) in [6.45, 7) is 3.58. The molecule has 8 nitrogen and oxygen atoms in total. The minimum Gasteiger partial charge on any atom is -0.336 e. The van der Waals surface area contributed by atoms with Gasteiger partial charge in [0.2, 0.25) is 0 Å². The molecule has 1 atom stereocenters. The number of hydrogen-bond acceptors (Lipinski definition) is 4. The van der Waals surface area contributed by atoms with Crippen LogP contribution in [-0.2, 0) is 6.54 Å². The van der Waals surface area contributed by atoms with Crippen molar-refractivity contribution in [3.05, 3.63) is 11.9 Å². The minimum absolute atomic E-state index is 0.0142. The van der Waals surface area contributed by atoms with Crippen molar-refractivity contribution in [3.63, 3.8) is 0 Å². The quantitative estimate of drug-likeness (QED) is 0.866. The van der Waals surface area contributed by atoms with E-state index in [1.54, 1.807) is 10.9 Å². The summed E-state index contributed by atoms with van der Waals surface area (Å²) in [5.41, 5.74) is 0.414. The monoisotopic (exact) mass is 318 g/mol. The number of nitrogens with zero attached hydrogens (tertiary/aromatic N) is 5. The van der Waals surface area contributed by atoms with Crippen molar-refractivity contribution in [2.24, 2.45) is 5.92 Å². The molecule has 0 spiro atoms. The van der Waals surface area contributed by atoms with Gasteiger partial charge in [0.25, 0.3) is 5.91 Å². The predicted molar refractivity (Wildman–Crippen MR) is 81.8 cm³/mol. The van der Waals surface area contributed by atoms with Crippen LogP contribution in [0.25, 0.3) is 0 Å². The Morgan fingerprint density at radius 2 is 2.17 bits per heavy atom. The van der Waals surface area contributed by atoms with Gasteiger partial charge in [-0.3, -0.25) is 9.48 Å². The van der Waals surface area contributed by atoms with Crippen molar-refractivity contribution < 1.29 is 9.59 Å². The van der Waals surface area contributed by atoms with Gasteiger partial charge in [-0.2, -0.15) is 0 Å². The molecule has 1 aromatic heterocycles. The first-order valence-corrected chi connectivity index (χ1v) is 8.44. The number of urea groups is 1. The third-order valence-electron chi connectivity index (χ3n) is 4.91. The minimum atomic E-state index is -0.0728.